The Kier molecular flexibility index (Phi) is 5.08. The highest BCUT2D eigenvalue weighted by molar-refractivity contribution is 8.00. The van der Waals surface area contributed by atoms with E-state index in [1.54, 1.807) is 11.8 Å². The molecule has 1 rings (SSSR count). The van der Waals surface area contributed by atoms with Crippen LogP contribution in [0.1, 0.15) is 27.2 Å². The van der Waals surface area contributed by atoms with Gasteiger partial charge in [0.1, 0.15) is 5.60 Å². The Morgan fingerprint density at radius 1 is 1.69 bits per heavy atom. The fourth-order valence-corrected chi connectivity index (χ4v) is 2.13. The predicted octanol–water partition coefficient (Wildman–Crippen LogP) is 0.784. The van der Waals surface area contributed by atoms with Crippen LogP contribution in [0.15, 0.2) is 0 Å². The first kappa shape index (κ1) is 13.8. The van der Waals surface area contributed by atoms with Gasteiger partial charge < -0.3 is 15.2 Å². The van der Waals surface area contributed by atoms with Gasteiger partial charge in [-0.3, -0.25) is 4.79 Å². The first-order chi connectivity index (χ1) is 7.44. The lowest BCUT2D eigenvalue weighted by Gasteiger charge is -2.26. The number of thioether (sulfide) groups is 1. The molecule has 1 aliphatic heterocycles. The van der Waals surface area contributed by atoms with Crippen molar-refractivity contribution in [2.75, 3.05) is 18.9 Å². The third kappa shape index (κ3) is 3.96. The van der Waals surface area contributed by atoms with E-state index in [0.29, 0.717) is 24.0 Å². The van der Waals surface area contributed by atoms with E-state index in [1.165, 1.54) is 0 Å². The lowest BCUT2D eigenvalue weighted by atomic mass is 9.97. The first-order valence-electron chi connectivity index (χ1n) is 5.66. The molecule has 1 saturated heterocycles. The highest BCUT2D eigenvalue weighted by Crippen LogP contribution is 2.24. The fourth-order valence-electron chi connectivity index (χ4n) is 1.55. The molecule has 2 N–H and O–H groups in total. The van der Waals surface area contributed by atoms with Crippen molar-refractivity contribution in [2.24, 2.45) is 0 Å². The molecule has 0 aromatic rings. The van der Waals surface area contributed by atoms with Crippen molar-refractivity contribution >= 4 is 17.7 Å². The van der Waals surface area contributed by atoms with Gasteiger partial charge >= 0.3 is 0 Å². The average molecular weight is 247 g/mol. The van der Waals surface area contributed by atoms with Crippen LogP contribution in [-0.2, 0) is 9.53 Å². The lowest BCUT2D eigenvalue weighted by molar-refractivity contribution is -0.120. The van der Waals surface area contributed by atoms with Crippen molar-refractivity contribution in [1.82, 2.24) is 5.32 Å². The predicted molar refractivity (Wildman–Crippen MR) is 65.6 cm³/mol. The number of carbonyl (C=O) groups excluding carboxylic acids is 1. The number of nitrogens with one attached hydrogen (secondary N) is 1. The third-order valence-electron chi connectivity index (χ3n) is 2.80. The number of carbonyl (C=O) groups is 1. The summed E-state index contributed by atoms with van der Waals surface area (Å²) < 4.78 is 5.29. The summed E-state index contributed by atoms with van der Waals surface area (Å²) in [4.78, 5) is 11.5. The maximum absolute atomic E-state index is 11.5. The van der Waals surface area contributed by atoms with E-state index in [2.05, 4.69) is 19.2 Å². The number of hydrogen-bond acceptors (Lipinski definition) is 4. The molecular formula is C11H21NO3S. The molecule has 1 heterocycles. The Bertz CT molecular complexity index is 247. The Morgan fingerprint density at radius 2 is 2.38 bits per heavy atom. The largest absolute Gasteiger partial charge is 0.385 e. The second-order valence-electron chi connectivity index (χ2n) is 4.50. The van der Waals surface area contributed by atoms with E-state index >= 15 is 0 Å². The van der Waals surface area contributed by atoms with Gasteiger partial charge in [0, 0.05) is 19.6 Å². The van der Waals surface area contributed by atoms with Gasteiger partial charge in [-0.25, -0.2) is 0 Å². The highest BCUT2D eigenvalue weighted by atomic mass is 32.2. The summed E-state index contributed by atoms with van der Waals surface area (Å²) in [6, 6.07) is 0. The van der Waals surface area contributed by atoms with Gasteiger partial charge in [0.05, 0.1) is 11.9 Å². The summed E-state index contributed by atoms with van der Waals surface area (Å²) in [6.45, 7) is 6.79. The summed E-state index contributed by atoms with van der Waals surface area (Å²) >= 11 is 1.60. The van der Waals surface area contributed by atoms with Gasteiger partial charge in [0.2, 0.25) is 5.91 Å². The minimum atomic E-state index is -0.891. The molecule has 1 fully saturated rings. The Morgan fingerprint density at radius 3 is 2.88 bits per heavy atom. The molecule has 1 aliphatic rings. The van der Waals surface area contributed by atoms with Crippen LogP contribution in [0.4, 0.5) is 0 Å². The molecule has 0 spiro atoms. The molecule has 16 heavy (non-hydrogen) atoms. The molecule has 2 unspecified atom stereocenters. The molecular weight excluding hydrogens is 226 g/mol. The van der Waals surface area contributed by atoms with Crippen molar-refractivity contribution in [1.29, 1.82) is 0 Å². The zero-order valence-corrected chi connectivity index (χ0v) is 11.0. The maximum Gasteiger partial charge on any atom is 0.230 e. The third-order valence-corrected chi connectivity index (χ3v) is 3.89. The first-order valence-corrected chi connectivity index (χ1v) is 6.71. The van der Waals surface area contributed by atoms with Crippen molar-refractivity contribution in [3.63, 3.8) is 0 Å². The number of hydrogen-bond donors (Lipinski definition) is 2. The number of ether oxygens (including phenoxy) is 1. The van der Waals surface area contributed by atoms with Gasteiger partial charge in [-0.15, -0.1) is 11.8 Å². The number of rotatable bonds is 5. The van der Waals surface area contributed by atoms with Crippen molar-refractivity contribution < 1.29 is 14.6 Å². The van der Waals surface area contributed by atoms with E-state index < -0.39 is 5.60 Å². The summed E-state index contributed by atoms with van der Waals surface area (Å²) in [6.07, 6.45) is 0.386. The molecule has 0 aromatic carbocycles. The van der Waals surface area contributed by atoms with Crippen LogP contribution in [0.5, 0.6) is 0 Å². The molecule has 94 valence electrons. The second-order valence-corrected chi connectivity index (χ2v) is 6.07. The van der Waals surface area contributed by atoms with Crippen LogP contribution >= 0.6 is 11.8 Å². The second kappa shape index (κ2) is 5.89. The molecule has 0 saturated carbocycles. The van der Waals surface area contributed by atoms with E-state index in [1.807, 2.05) is 6.92 Å². The number of amides is 1. The van der Waals surface area contributed by atoms with Crippen LogP contribution in [0, 0.1) is 0 Å². The Labute approximate surface area is 101 Å². The molecule has 2 atom stereocenters. The lowest BCUT2D eigenvalue weighted by Crippen LogP contribution is -2.47. The van der Waals surface area contributed by atoms with Gasteiger partial charge in [-0.1, -0.05) is 13.8 Å². The van der Waals surface area contributed by atoms with E-state index in [4.69, 9.17) is 4.74 Å². The molecule has 0 aromatic heterocycles. The van der Waals surface area contributed by atoms with E-state index in [0.717, 1.165) is 0 Å². The molecule has 0 radical (unpaired) electrons. The Balaban J connectivity index is 2.26. The van der Waals surface area contributed by atoms with Gasteiger partial charge in [-0.05, 0) is 12.2 Å². The van der Waals surface area contributed by atoms with Gasteiger partial charge in [-0.2, -0.15) is 0 Å². The molecule has 5 heteroatoms. The maximum atomic E-state index is 11.5. The smallest absolute Gasteiger partial charge is 0.230 e. The molecule has 0 aliphatic carbocycles. The highest BCUT2D eigenvalue weighted by Gasteiger charge is 2.39. The zero-order valence-electron chi connectivity index (χ0n) is 10.2. The molecule has 1 amide bonds. The van der Waals surface area contributed by atoms with E-state index in [9.17, 15) is 9.90 Å². The summed E-state index contributed by atoms with van der Waals surface area (Å²) in [5.74, 6) is 0.425. The van der Waals surface area contributed by atoms with Crippen LogP contribution < -0.4 is 5.32 Å². The van der Waals surface area contributed by atoms with Crippen molar-refractivity contribution in [3.05, 3.63) is 0 Å². The Hall–Kier alpha value is -0.260. The summed E-state index contributed by atoms with van der Waals surface area (Å²) in [7, 11) is 0. The molecule has 0 bridgehead atoms. The van der Waals surface area contributed by atoms with Crippen LogP contribution in [-0.4, -0.2) is 46.9 Å². The minimum absolute atomic E-state index is 0.0220. The van der Waals surface area contributed by atoms with Crippen LogP contribution in [0.3, 0.4) is 0 Å². The zero-order chi connectivity index (χ0) is 12.2. The van der Waals surface area contributed by atoms with Crippen LogP contribution in [0.25, 0.3) is 0 Å². The monoisotopic (exact) mass is 247 g/mol. The van der Waals surface area contributed by atoms with Crippen LogP contribution in [0.2, 0.25) is 0 Å². The number of aliphatic hydroxyl groups is 1. The quantitative estimate of drug-likeness (QED) is 0.754. The fraction of sp³-hybridized carbons (Fsp3) is 0.909. The van der Waals surface area contributed by atoms with E-state index in [-0.39, 0.29) is 18.6 Å². The topological polar surface area (TPSA) is 58.6 Å². The van der Waals surface area contributed by atoms with Crippen molar-refractivity contribution in [3.8, 4) is 0 Å². The standard InChI is InChI=1S/C11H21NO3S/c1-8(2)16-6-10(13)12-7-11(14)4-5-15-9(11)3/h8-9,14H,4-7H2,1-3H3,(H,12,13). The average Bonchev–Trinajstić information content (AvgIpc) is 2.54. The summed E-state index contributed by atoms with van der Waals surface area (Å²) in [5, 5.41) is 13.3. The normalized spacial score (nSPS) is 29.7. The minimum Gasteiger partial charge on any atom is -0.385 e. The van der Waals surface area contributed by atoms with Crippen molar-refractivity contribution in [2.45, 2.75) is 44.1 Å². The summed E-state index contributed by atoms with van der Waals surface area (Å²) in [5.41, 5.74) is -0.891. The SMILES string of the molecule is CC(C)SCC(=O)NCC1(O)CCOC1C. The molecule has 4 nitrogen and oxygen atoms in total. The van der Waals surface area contributed by atoms with Gasteiger partial charge in [0.15, 0.2) is 0 Å². The van der Waals surface area contributed by atoms with Gasteiger partial charge in [0.25, 0.3) is 0 Å².